The molecule has 0 bridgehead atoms. The highest BCUT2D eigenvalue weighted by atomic mass is 79.9. The Balaban J connectivity index is 1.86. The van der Waals surface area contributed by atoms with Gasteiger partial charge >= 0.3 is 5.97 Å². The summed E-state index contributed by atoms with van der Waals surface area (Å²) in [5.41, 5.74) is -0.421. The number of carbonyl (C=O) groups excluding carboxylic acids is 1. The van der Waals surface area contributed by atoms with Crippen LogP contribution in [0.25, 0.3) is 0 Å². The third kappa shape index (κ3) is 5.17. The van der Waals surface area contributed by atoms with E-state index in [-0.39, 0.29) is 18.0 Å². The van der Waals surface area contributed by atoms with Crippen molar-refractivity contribution in [1.82, 2.24) is 0 Å². The molecule has 0 unspecified atom stereocenters. The highest BCUT2D eigenvalue weighted by Crippen LogP contribution is 2.33. The largest absolute Gasteiger partial charge is 0.489 e. The van der Waals surface area contributed by atoms with Crippen molar-refractivity contribution in [2.75, 3.05) is 0 Å². The van der Waals surface area contributed by atoms with Gasteiger partial charge in [0, 0.05) is 4.47 Å². The van der Waals surface area contributed by atoms with E-state index in [2.05, 4.69) is 15.9 Å². The van der Waals surface area contributed by atoms with Gasteiger partial charge in [-0.1, -0.05) is 27.5 Å². The zero-order chi connectivity index (χ0) is 16.3. The summed E-state index contributed by atoms with van der Waals surface area (Å²) in [7, 11) is 0. The minimum atomic E-state index is -0.421. The molecule has 1 aromatic carbocycles. The van der Waals surface area contributed by atoms with Crippen LogP contribution in [0, 0.1) is 5.92 Å². The molecule has 0 N–H and O–H groups in total. The molecule has 22 heavy (non-hydrogen) atoms. The van der Waals surface area contributed by atoms with E-state index in [1.165, 1.54) is 0 Å². The molecule has 0 saturated heterocycles. The minimum Gasteiger partial charge on any atom is -0.489 e. The number of esters is 1. The summed E-state index contributed by atoms with van der Waals surface area (Å²) >= 11 is 9.55. The van der Waals surface area contributed by atoms with Gasteiger partial charge in [-0.2, -0.15) is 0 Å². The Morgan fingerprint density at radius 3 is 2.41 bits per heavy atom. The van der Waals surface area contributed by atoms with Crippen LogP contribution in [0.1, 0.15) is 46.5 Å². The second-order valence-electron chi connectivity index (χ2n) is 6.70. The molecular weight excluding hydrogens is 368 g/mol. The van der Waals surface area contributed by atoms with Crippen LogP contribution in [0.15, 0.2) is 22.7 Å². The first kappa shape index (κ1) is 17.6. The molecule has 1 aromatic rings. The van der Waals surface area contributed by atoms with E-state index < -0.39 is 5.60 Å². The summed E-state index contributed by atoms with van der Waals surface area (Å²) in [5.74, 6) is 0.595. The van der Waals surface area contributed by atoms with Gasteiger partial charge in [0.2, 0.25) is 0 Å². The van der Waals surface area contributed by atoms with Crippen molar-refractivity contribution in [2.45, 2.75) is 58.2 Å². The summed E-state index contributed by atoms with van der Waals surface area (Å²) in [5, 5.41) is 0.601. The first-order chi connectivity index (χ1) is 10.2. The van der Waals surface area contributed by atoms with E-state index in [0.717, 1.165) is 30.2 Å². The molecule has 0 radical (unpaired) electrons. The lowest BCUT2D eigenvalue weighted by atomic mass is 9.87. The number of carbonyl (C=O) groups is 1. The third-order valence-corrected chi connectivity index (χ3v) is 4.39. The van der Waals surface area contributed by atoms with Crippen molar-refractivity contribution in [3.05, 3.63) is 27.7 Å². The summed E-state index contributed by atoms with van der Waals surface area (Å²) in [6, 6.07) is 5.60. The van der Waals surface area contributed by atoms with Crippen molar-refractivity contribution < 1.29 is 14.3 Å². The molecule has 1 saturated carbocycles. The Bertz CT molecular complexity index is 531. The normalized spacial score (nSPS) is 22.2. The van der Waals surface area contributed by atoms with Crippen LogP contribution in [-0.2, 0) is 9.53 Å². The fourth-order valence-corrected chi connectivity index (χ4v) is 3.27. The Kier molecular flexibility index (Phi) is 5.78. The Morgan fingerprint density at radius 2 is 1.86 bits per heavy atom. The number of rotatable bonds is 3. The summed E-state index contributed by atoms with van der Waals surface area (Å²) < 4.78 is 12.4. The highest BCUT2D eigenvalue weighted by Gasteiger charge is 2.30. The number of benzene rings is 1. The van der Waals surface area contributed by atoms with E-state index >= 15 is 0 Å². The molecule has 122 valence electrons. The summed E-state index contributed by atoms with van der Waals surface area (Å²) in [6.45, 7) is 5.69. The van der Waals surface area contributed by atoms with Gasteiger partial charge in [0.15, 0.2) is 0 Å². The molecule has 0 aromatic heterocycles. The summed E-state index contributed by atoms with van der Waals surface area (Å²) in [4.78, 5) is 12.1. The highest BCUT2D eigenvalue weighted by molar-refractivity contribution is 9.10. The minimum absolute atomic E-state index is 0.0144. The molecule has 2 rings (SSSR count). The SMILES string of the molecule is CC(C)(C)OC(=O)[C@H]1CC[C@H](Oc2ccc(Br)cc2Cl)CC1. The van der Waals surface area contributed by atoms with Gasteiger partial charge < -0.3 is 9.47 Å². The Morgan fingerprint density at radius 1 is 1.23 bits per heavy atom. The molecule has 0 heterocycles. The number of hydrogen-bond donors (Lipinski definition) is 0. The molecule has 0 spiro atoms. The van der Waals surface area contributed by atoms with E-state index in [1.54, 1.807) is 0 Å². The van der Waals surface area contributed by atoms with Gasteiger partial charge in [0.1, 0.15) is 11.4 Å². The van der Waals surface area contributed by atoms with Crippen LogP contribution in [0.4, 0.5) is 0 Å². The number of ether oxygens (including phenoxy) is 2. The topological polar surface area (TPSA) is 35.5 Å². The van der Waals surface area contributed by atoms with Gasteiger partial charge in [-0.3, -0.25) is 4.79 Å². The molecule has 1 aliphatic rings. The smallest absolute Gasteiger partial charge is 0.309 e. The van der Waals surface area contributed by atoms with Crippen molar-refractivity contribution >= 4 is 33.5 Å². The van der Waals surface area contributed by atoms with Gasteiger partial charge in [0.05, 0.1) is 17.0 Å². The van der Waals surface area contributed by atoms with Gasteiger partial charge in [-0.25, -0.2) is 0 Å². The number of hydrogen-bond acceptors (Lipinski definition) is 3. The van der Waals surface area contributed by atoms with Crippen molar-refractivity contribution in [1.29, 1.82) is 0 Å². The first-order valence-electron chi connectivity index (χ1n) is 7.59. The summed E-state index contributed by atoms with van der Waals surface area (Å²) in [6.07, 6.45) is 3.39. The van der Waals surface area contributed by atoms with Gasteiger partial charge in [0.25, 0.3) is 0 Å². The lowest BCUT2D eigenvalue weighted by Gasteiger charge is -2.30. The molecule has 1 fully saturated rings. The van der Waals surface area contributed by atoms with E-state index in [9.17, 15) is 4.79 Å². The lowest BCUT2D eigenvalue weighted by Crippen LogP contribution is -2.33. The molecule has 3 nitrogen and oxygen atoms in total. The van der Waals surface area contributed by atoms with Crippen molar-refractivity contribution in [3.63, 3.8) is 0 Å². The predicted octanol–water partition coefficient (Wildman–Crippen LogP) is 5.38. The number of halogens is 2. The second kappa shape index (κ2) is 7.22. The van der Waals surface area contributed by atoms with E-state index in [0.29, 0.717) is 10.8 Å². The van der Waals surface area contributed by atoms with Crippen LogP contribution in [0.3, 0.4) is 0 Å². The van der Waals surface area contributed by atoms with Crippen LogP contribution in [0.5, 0.6) is 5.75 Å². The molecule has 1 aliphatic carbocycles. The van der Waals surface area contributed by atoms with Crippen molar-refractivity contribution in [3.8, 4) is 5.75 Å². The second-order valence-corrected chi connectivity index (χ2v) is 8.02. The maximum atomic E-state index is 12.1. The van der Waals surface area contributed by atoms with Crippen molar-refractivity contribution in [2.24, 2.45) is 5.92 Å². The molecule has 0 amide bonds. The Hall–Kier alpha value is -0.740. The van der Waals surface area contributed by atoms with Crippen LogP contribution in [-0.4, -0.2) is 17.7 Å². The predicted molar refractivity (Wildman–Crippen MR) is 91.4 cm³/mol. The first-order valence-corrected chi connectivity index (χ1v) is 8.76. The third-order valence-electron chi connectivity index (χ3n) is 3.60. The van der Waals surface area contributed by atoms with E-state index in [4.69, 9.17) is 21.1 Å². The average molecular weight is 390 g/mol. The van der Waals surface area contributed by atoms with Gasteiger partial charge in [-0.15, -0.1) is 0 Å². The fraction of sp³-hybridized carbons (Fsp3) is 0.588. The van der Waals surface area contributed by atoms with Gasteiger partial charge in [-0.05, 0) is 64.7 Å². The lowest BCUT2D eigenvalue weighted by molar-refractivity contribution is -0.161. The molecule has 5 heteroatoms. The molecular formula is C17H22BrClO3. The quantitative estimate of drug-likeness (QED) is 0.651. The zero-order valence-corrected chi connectivity index (χ0v) is 15.5. The maximum Gasteiger partial charge on any atom is 0.309 e. The van der Waals surface area contributed by atoms with Crippen LogP contribution in [0.2, 0.25) is 5.02 Å². The molecule has 0 atom stereocenters. The van der Waals surface area contributed by atoms with Crippen LogP contribution < -0.4 is 4.74 Å². The van der Waals surface area contributed by atoms with Crippen LogP contribution >= 0.6 is 27.5 Å². The zero-order valence-electron chi connectivity index (χ0n) is 13.2. The standard InChI is InChI=1S/C17H22BrClO3/c1-17(2,3)22-16(20)11-4-7-13(8-5-11)21-15-9-6-12(18)10-14(15)19/h6,9-11,13H,4-5,7-8H2,1-3H3/t11-,13-. The van der Waals surface area contributed by atoms with E-state index in [1.807, 2.05) is 39.0 Å². The average Bonchev–Trinajstić information content (AvgIpc) is 2.41. The monoisotopic (exact) mass is 388 g/mol. The Labute approximate surface area is 145 Å². The maximum absolute atomic E-state index is 12.1. The molecule has 0 aliphatic heterocycles. The fourth-order valence-electron chi connectivity index (χ4n) is 2.55.